The summed E-state index contributed by atoms with van der Waals surface area (Å²) in [5.41, 5.74) is 0. The molecule has 3 amide bonds. The summed E-state index contributed by atoms with van der Waals surface area (Å²) in [6.45, 7) is 6.48. The number of carbonyl (C=O) groups excluding carboxylic acids is 4. The van der Waals surface area contributed by atoms with Crippen LogP contribution in [-0.2, 0) is 28.7 Å². The zero-order chi connectivity index (χ0) is 22.9. The second kappa shape index (κ2) is 16.7. The number of hydrogen-bond donors (Lipinski definition) is 2. The molecule has 1 rings (SSSR count). The largest absolute Gasteiger partial charge is 0.379 e. The summed E-state index contributed by atoms with van der Waals surface area (Å²) in [6, 6.07) is 0.248. The van der Waals surface area contributed by atoms with Crippen LogP contribution in [-0.4, -0.2) is 81.0 Å². The molecule has 1 fully saturated rings. The number of ether oxygens (including phenoxy) is 2. The van der Waals surface area contributed by atoms with Crippen molar-refractivity contribution in [2.45, 2.75) is 70.9 Å². The first-order valence-electron chi connectivity index (χ1n) is 11.3. The quantitative estimate of drug-likeness (QED) is 0.258. The highest BCUT2D eigenvalue weighted by molar-refractivity contribution is 5.76. The summed E-state index contributed by atoms with van der Waals surface area (Å²) in [7, 11) is 0. The molecule has 1 saturated carbocycles. The van der Waals surface area contributed by atoms with Gasteiger partial charge in [-0.1, -0.05) is 0 Å². The third-order valence-electron chi connectivity index (χ3n) is 5.39. The predicted octanol–water partition coefficient (Wildman–Crippen LogP) is 1.05. The maximum atomic E-state index is 12.3. The van der Waals surface area contributed by atoms with Crippen molar-refractivity contribution in [2.75, 3.05) is 39.5 Å². The summed E-state index contributed by atoms with van der Waals surface area (Å²) >= 11 is 0. The van der Waals surface area contributed by atoms with Gasteiger partial charge in [-0.05, 0) is 46.0 Å². The molecule has 0 bridgehead atoms. The maximum Gasteiger partial charge on any atom is 0.222 e. The van der Waals surface area contributed by atoms with Gasteiger partial charge in [0.2, 0.25) is 18.2 Å². The molecule has 178 valence electrons. The molecule has 0 aliphatic heterocycles. The van der Waals surface area contributed by atoms with Crippen LogP contribution in [0.4, 0.5) is 0 Å². The topological polar surface area (TPSA) is 114 Å². The van der Waals surface area contributed by atoms with E-state index in [2.05, 4.69) is 10.6 Å². The van der Waals surface area contributed by atoms with E-state index in [0.717, 1.165) is 32.0 Å². The van der Waals surface area contributed by atoms with Crippen LogP contribution in [0.15, 0.2) is 0 Å². The van der Waals surface area contributed by atoms with E-state index in [1.165, 1.54) is 0 Å². The molecule has 0 aromatic carbocycles. The van der Waals surface area contributed by atoms with Gasteiger partial charge in [0.15, 0.2) is 0 Å². The fourth-order valence-electron chi connectivity index (χ4n) is 3.56. The van der Waals surface area contributed by atoms with Crippen LogP contribution >= 0.6 is 0 Å². The highest BCUT2D eigenvalue weighted by Gasteiger charge is 2.21. The van der Waals surface area contributed by atoms with E-state index < -0.39 is 0 Å². The highest BCUT2D eigenvalue weighted by Crippen LogP contribution is 2.22. The van der Waals surface area contributed by atoms with Crippen LogP contribution in [0.2, 0.25) is 0 Å². The molecule has 0 saturated heterocycles. The smallest absolute Gasteiger partial charge is 0.222 e. The van der Waals surface area contributed by atoms with Gasteiger partial charge in [-0.15, -0.1) is 0 Å². The monoisotopic (exact) mass is 441 g/mol. The second-order valence-electron chi connectivity index (χ2n) is 8.15. The zero-order valence-electron chi connectivity index (χ0n) is 19.0. The Morgan fingerprint density at radius 3 is 2.29 bits per heavy atom. The Kier molecular flexibility index (Phi) is 14.5. The molecule has 0 aromatic heterocycles. The van der Waals surface area contributed by atoms with E-state index in [0.29, 0.717) is 65.2 Å². The van der Waals surface area contributed by atoms with Crippen LogP contribution < -0.4 is 10.6 Å². The van der Waals surface area contributed by atoms with Crippen molar-refractivity contribution in [3.63, 3.8) is 0 Å². The lowest BCUT2D eigenvalue weighted by Gasteiger charge is -2.27. The number of aldehydes is 1. The SMILES string of the molecule is CC(C)N(CCOCCOCCC(=O)NC1CCC(C=O)CC1)C(=O)CCCNC=O. The van der Waals surface area contributed by atoms with Gasteiger partial charge < -0.3 is 29.8 Å². The third kappa shape index (κ3) is 12.4. The van der Waals surface area contributed by atoms with Gasteiger partial charge in [0.1, 0.15) is 6.29 Å². The Bertz CT molecular complexity index is 535. The van der Waals surface area contributed by atoms with Gasteiger partial charge in [0.25, 0.3) is 0 Å². The lowest BCUT2D eigenvalue weighted by Crippen LogP contribution is -2.39. The first-order valence-corrected chi connectivity index (χ1v) is 11.3. The molecule has 0 atom stereocenters. The van der Waals surface area contributed by atoms with E-state index in [1.54, 1.807) is 4.90 Å². The standard InChI is InChI=1S/C22H39N3O6/c1-18(2)25(22(29)4-3-10-23-17-27)11-13-31-15-14-30-12-9-21(28)24-20-7-5-19(16-26)6-8-20/h16-20H,3-15H2,1-2H3,(H,23,27)(H,24,28). The van der Waals surface area contributed by atoms with Crippen molar-refractivity contribution in [3.8, 4) is 0 Å². The second-order valence-corrected chi connectivity index (χ2v) is 8.15. The van der Waals surface area contributed by atoms with Crippen LogP contribution in [0.5, 0.6) is 0 Å². The molecule has 1 aliphatic rings. The number of nitrogens with one attached hydrogen (secondary N) is 2. The summed E-state index contributed by atoms with van der Waals surface area (Å²) in [5.74, 6) is 0.172. The zero-order valence-corrected chi connectivity index (χ0v) is 19.0. The molecule has 1 aliphatic carbocycles. The van der Waals surface area contributed by atoms with Crippen LogP contribution in [0.3, 0.4) is 0 Å². The van der Waals surface area contributed by atoms with Crippen molar-refractivity contribution < 1.29 is 28.7 Å². The van der Waals surface area contributed by atoms with E-state index in [1.807, 2.05) is 13.8 Å². The minimum absolute atomic E-state index is 0.0232. The number of carbonyl (C=O) groups is 4. The lowest BCUT2D eigenvalue weighted by molar-refractivity contribution is -0.134. The Balaban J connectivity index is 2.04. The summed E-state index contributed by atoms with van der Waals surface area (Å²) < 4.78 is 11.0. The Morgan fingerprint density at radius 1 is 1.00 bits per heavy atom. The molecule has 0 aromatic rings. The van der Waals surface area contributed by atoms with Gasteiger partial charge in [-0.25, -0.2) is 0 Å². The molecule has 0 unspecified atom stereocenters. The number of nitrogens with zero attached hydrogens (tertiary/aromatic N) is 1. The van der Waals surface area contributed by atoms with Crippen LogP contribution in [0.25, 0.3) is 0 Å². The summed E-state index contributed by atoms with van der Waals surface area (Å²) in [4.78, 5) is 47.0. The van der Waals surface area contributed by atoms with E-state index in [-0.39, 0.29) is 29.8 Å². The predicted molar refractivity (Wildman–Crippen MR) is 116 cm³/mol. The normalized spacial score (nSPS) is 18.4. The first-order chi connectivity index (χ1) is 15.0. The van der Waals surface area contributed by atoms with Gasteiger partial charge in [0.05, 0.1) is 26.4 Å². The molecule has 0 radical (unpaired) electrons. The molecule has 2 N–H and O–H groups in total. The lowest BCUT2D eigenvalue weighted by atomic mass is 9.87. The van der Waals surface area contributed by atoms with Crippen molar-refractivity contribution in [3.05, 3.63) is 0 Å². The Labute approximate surface area is 185 Å². The molecular formula is C22H39N3O6. The van der Waals surface area contributed by atoms with Crippen molar-refractivity contribution in [1.82, 2.24) is 15.5 Å². The van der Waals surface area contributed by atoms with E-state index in [9.17, 15) is 19.2 Å². The highest BCUT2D eigenvalue weighted by atomic mass is 16.5. The van der Waals surface area contributed by atoms with E-state index >= 15 is 0 Å². The summed E-state index contributed by atoms with van der Waals surface area (Å²) in [5, 5.41) is 5.56. The van der Waals surface area contributed by atoms with Gasteiger partial charge >= 0.3 is 0 Å². The number of hydrogen-bond acceptors (Lipinski definition) is 6. The minimum atomic E-state index is -0.0232. The van der Waals surface area contributed by atoms with Crippen molar-refractivity contribution in [1.29, 1.82) is 0 Å². The molecule has 0 spiro atoms. The first kappa shape index (κ1) is 27.0. The molecule has 0 heterocycles. The maximum absolute atomic E-state index is 12.3. The van der Waals surface area contributed by atoms with Gasteiger partial charge in [-0.3, -0.25) is 14.4 Å². The Hall–Kier alpha value is -2.00. The number of rotatable bonds is 17. The fraction of sp³-hybridized carbons (Fsp3) is 0.818. The fourth-order valence-corrected chi connectivity index (χ4v) is 3.56. The molecular weight excluding hydrogens is 402 g/mol. The average Bonchev–Trinajstić information content (AvgIpc) is 2.75. The number of amides is 3. The van der Waals surface area contributed by atoms with Crippen molar-refractivity contribution in [2.24, 2.45) is 5.92 Å². The molecule has 9 nitrogen and oxygen atoms in total. The Morgan fingerprint density at radius 2 is 1.68 bits per heavy atom. The van der Waals surface area contributed by atoms with Crippen LogP contribution in [0, 0.1) is 5.92 Å². The summed E-state index contributed by atoms with van der Waals surface area (Å²) in [6.07, 6.45) is 6.37. The molecule has 9 heteroatoms. The van der Waals surface area contributed by atoms with E-state index in [4.69, 9.17) is 9.47 Å². The molecule has 31 heavy (non-hydrogen) atoms. The third-order valence-corrected chi connectivity index (χ3v) is 5.39. The van der Waals surface area contributed by atoms with Gasteiger partial charge in [0, 0.05) is 43.9 Å². The van der Waals surface area contributed by atoms with Crippen molar-refractivity contribution >= 4 is 24.5 Å². The minimum Gasteiger partial charge on any atom is -0.379 e. The van der Waals surface area contributed by atoms with Crippen LogP contribution in [0.1, 0.15) is 58.8 Å². The van der Waals surface area contributed by atoms with Gasteiger partial charge in [-0.2, -0.15) is 0 Å². The average molecular weight is 442 g/mol.